The van der Waals surface area contributed by atoms with Gasteiger partial charge in [0.25, 0.3) is 5.56 Å². The summed E-state index contributed by atoms with van der Waals surface area (Å²) in [5.41, 5.74) is -1.12. The van der Waals surface area contributed by atoms with Crippen molar-refractivity contribution in [3.8, 4) is 0 Å². The highest BCUT2D eigenvalue weighted by molar-refractivity contribution is 7.51. The maximum atomic E-state index is 11.3. The summed E-state index contributed by atoms with van der Waals surface area (Å²) >= 11 is 0. The van der Waals surface area contributed by atoms with Crippen LogP contribution in [0.1, 0.15) is 0 Å². The van der Waals surface area contributed by atoms with E-state index in [4.69, 9.17) is 19.6 Å². The lowest BCUT2D eigenvalue weighted by Gasteiger charge is -2.16. The average molecular weight is 294 g/mol. The fourth-order valence-corrected chi connectivity index (χ4v) is 2.12. The van der Waals surface area contributed by atoms with Crippen LogP contribution in [0.25, 0.3) is 0 Å². The Balaban J connectivity index is 2.51. The number of aromatic amines is 1. The van der Waals surface area contributed by atoms with E-state index in [0.29, 0.717) is 0 Å². The van der Waals surface area contributed by atoms with E-state index in [0.717, 1.165) is 0 Å². The Morgan fingerprint density at radius 1 is 1.42 bits per heavy atom. The number of aromatic nitrogens is 2. The van der Waals surface area contributed by atoms with Crippen molar-refractivity contribution in [3.05, 3.63) is 33.1 Å². The van der Waals surface area contributed by atoms with Gasteiger partial charge in [0.2, 0.25) is 0 Å². The molecular weight excluding hydrogens is 279 g/mol. The summed E-state index contributed by atoms with van der Waals surface area (Å²) in [6.45, 7) is -0.476. The molecule has 0 aliphatic carbocycles. The Labute approximate surface area is 107 Å². The van der Waals surface area contributed by atoms with Gasteiger partial charge in [-0.2, -0.15) is 0 Å². The van der Waals surface area contributed by atoms with E-state index in [2.05, 4.69) is 4.98 Å². The van der Waals surface area contributed by atoms with Crippen LogP contribution >= 0.6 is 7.60 Å². The van der Waals surface area contributed by atoms with Gasteiger partial charge in [-0.05, 0) is 0 Å². The van der Waals surface area contributed by atoms with Crippen molar-refractivity contribution in [2.75, 3.05) is 19.4 Å². The Morgan fingerprint density at radius 2 is 2.11 bits per heavy atom. The molecule has 0 aliphatic rings. The average Bonchev–Trinajstić information content (AvgIpc) is 2.29. The second-order valence-electron chi connectivity index (χ2n) is 3.83. The van der Waals surface area contributed by atoms with Gasteiger partial charge >= 0.3 is 13.3 Å². The van der Waals surface area contributed by atoms with Gasteiger partial charge in [0, 0.05) is 12.3 Å². The number of aliphatic hydroxyl groups excluding tert-OH is 1. The largest absolute Gasteiger partial charge is 0.394 e. The lowest BCUT2D eigenvalue weighted by Crippen LogP contribution is -2.31. The maximum Gasteiger partial charge on any atom is 0.328 e. The molecule has 108 valence electrons. The van der Waals surface area contributed by atoms with Crippen molar-refractivity contribution >= 4 is 7.60 Å². The monoisotopic (exact) mass is 294 g/mol. The number of ether oxygens (including phenoxy) is 1. The van der Waals surface area contributed by atoms with Crippen LogP contribution < -0.4 is 11.2 Å². The van der Waals surface area contributed by atoms with Crippen molar-refractivity contribution < 1.29 is 24.2 Å². The second-order valence-corrected chi connectivity index (χ2v) is 5.52. The summed E-state index contributed by atoms with van der Waals surface area (Å²) < 4.78 is 17.0. The molecule has 1 unspecified atom stereocenters. The molecule has 1 aromatic rings. The van der Waals surface area contributed by atoms with Crippen LogP contribution in [0.5, 0.6) is 0 Å². The van der Waals surface area contributed by atoms with Gasteiger partial charge in [0.05, 0.1) is 32.0 Å². The minimum absolute atomic E-state index is 0.0306. The molecule has 0 saturated carbocycles. The molecule has 0 fully saturated rings. The van der Waals surface area contributed by atoms with E-state index in [-0.39, 0.29) is 13.2 Å². The highest BCUT2D eigenvalue weighted by atomic mass is 31.2. The fraction of sp³-hybridized carbons (Fsp3) is 0.556. The molecule has 1 heterocycles. The van der Waals surface area contributed by atoms with E-state index >= 15 is 0 Å². The number of hydrogen-bond acceptors (Lipinski definition) is 5. The Hall–Kier alpha value is -1.25. The normalized spacial score (nSPS) is 13.4. The standard InChI is InChI=1S/C9H15N2O7P/c12-5-7(6-19(15,16)17)18-4-3-11-2-1-8(13)10-9(11)14/h1-2,7,12H,3-6H2,(H,10,13,14)(H2,15,16,17). The molecule has 0 bridgehead atoms. The van der Waals surface area contributed by atoms with E-state index in [1.54, 1.807) is 0 Å². The molecular formula is C9H15N2O7P. The first-order valence-corrected chi connectivity index (χ1v) is 7.18. The molecule has 1 aromatic heterocycles. The zero-order valence-corrected chi connectivity index (χ0v) is 10.8. The minimum atomic E-state index is -4.27. The number of nitrogens with zero attached hydrogens (tertiary/aromatic N) is 1. The Morgan fingerprint density at radius 3 is 2.63 bits per heavy atom. The molecule has 1 atom stereocenters. The summed E-state index contributed by atoms with van der Waals surface area (Å²) in [4.78, 5) is 41.6. The first-order valence-electron chi connectivity index (χ1n) is 5.38. The van der Waals surface area contributed by atoms with Crippen LogP contribution in [0.2, 0.25) is 0 Å². The summed E-state index contributed by atoms with van der Waals surface area (Å²) in [6.07, 6.45) is -0.315. The summed E-state index contributed by atoms with van der Waals surface area (Å²) in [5, 5.41) is 8.89. The topological polar surface area (TPSA) is 142 Å². The molecule has 1 rings (SSSR count). The van der Waals surface area contributed by atoms with Gasteiger partial charge in [0.15, 0.2) is 0 Å². The van der Waals surface area contributed by atoms with Crippen LogP contribution in [0.15, 0.2) is 21.9 Å². The van der Waals surface area contributed by atoms with Crippen LogP contribution in [0.4, 0.5) is 0 Å². The quantitative estimate of drug-likeness (QED) is 0.430. The fourth-order valence-electron chi connectivity index (χ4n) is 1.37. The SMILES string of the molecule is O=c1ccn(CCOC(CO)CP(=O)(O)O)c(=O)[nH]1. The summed E-state index contributed by atoms with van der Waals surface area (Å²) in [7, 11) is -4.27. The highest BCUT2D eigenvalue weighted by Crippen LogP contribution is 2.35. The molecule has 0 saturated heterocycles. The molecule has 0 aromatic carbocycles. The van der Waals surface area contributed by atoms with Crippen LogP contribution in [-0.4, -0.2) is 49.9 Å². The van der Waals surface area contributed by atoms with Crippen LogP contribution in [-0.2, 0) is 15.8 Å². The van der Waals surface area contributed by atoms with Crippen molar-refractivity contribution in [3.63, 3.8) is 0 Å². The van der Waals surface area contributed by atoms with E-state index in [1.165, 1.54) is 16.8 Å². The number of rotatable bonds is 7. The minimum Gasteiger partial charge on any atom is -0.394 e. The number of H-pyrrole nitrogens is 1. The van der Waals surface area contributed by atoms with E-state index < -0.39 is 37.7 Å². The molecule has 9 nitrogen and oxygen atoms in total. The predicted octanol–water partition coefficient (Wildman–Crippen LogP) is -1.91. The molecule has 10 heteroatoms. The smallest absolute Gasteiger partial charge is 0.328 e. The molecule has 0 amide bonds. The highest BCUT2D eigenvalue weighted by Gasteiger charge is 2.21. The molecule has 0 aliphatic heterocycles. The molecule has 4 N–H and O–H groups in total. The van der Waals surface area contributed by atoms with Gasteiger partial charge in [0.1, 0.15) is 0 Å². The van der Waals surface area contributed by atoms with Gasteiger partial charge in [-0.1, -0.05) is 0 Å². The van der Waals surface area contributed by atoms with Crippen molar-refractivity contribution in [1.82, 2.24) is 9.55 Å². The van der Waals surface area contributed by atoms with Gasteiger partial charge in [-0.15, -0.1) is 0 Å². The van der Waals surface area contributed by atoms with Crippen LogP contribution in [0.3, 0.4) is 0 Å². The third-order valence-corrected chi connectivity index (χ3v) is 3.11. The Bertz CT molecular complexity index is 560. The molecule has 0 spiro atoms. The van der Waals surface area contributed by atoms with Gasteiger partial charge in [-0.3, -0.25) is 18.9 Å². The number of nitrogens with one attached hydrogen (secondary N) is 1. The zero-order valence-electron chi connectivity index (χ0n) is 9.93. The lowest BCUT2D eigenvalue weighted by atomic mass is 10.4. The van der Waals surface area contributed by atoms with E-state index in [9.17, 15) is 14.2 Å². The third kappa shape index (κ3) is 5.95. The number of aliphatic hydroxyl groups is 1. The summed E-state index contributed by atoms with van der Waals surface area (Å²) in [5.74, 6) is 0. The first kappa shape index (κ1) is 15.8. The third-order valence-electron chi connectivity index (χ3n) is 2.23. The van der Waals surface area contributed by atoms with Crippen molar-refractivity contribution in [2.45, 2.75) is 12.6 Å². The second kappa shape index (κ2) is 6.78. The molecule has 0 radical (unpaired) electrons. The van der Waals surface area contributed by atoms with Crippen molar-refractivity contribution in [2.24, 2.45) is 0 Å². The number of hydrogen-bond donors (Lipinski definition) is 4. The zero-order chi connectivity index (χ0) is 14.5. The first-order chi connectivity index (χ1) is 8.81. The van der Waals surface area contributed by atoms with Gasteiger partial charge < -0.3 is 19.6 Å². The maximum absolute atomic E-state index is 11.3. The summed E-state index contributed by atoms with van der Waals surface area (Å²) in [6, 6.07) is 1.17. The van der Waals surface area contributed by atoms with Crippen molar-refractivity contribution in [1.29, 1.82) is 0 Å². The van der Waals surface area contributed by atoms with Crippen LogP contribution in [0, 0.1) is 0 Å². The molecule has 19 heavy (non-hydrogen) atoms. The van der Waals surface area contributed by atoms with E-state index in [1.807, 2.05) is 0 Å². The van der Waals surface area contributed by atoms with Gasteiger partial charge in [-0.25, -0.2) is 4.79 Å². The lowest BCUT2D eigenvalue weighted by molar-refractivity contribution is 0.0201. The predicted molar refractivity (Wildman–Crippen MR) is 65.1 cm³/mol. The Kier molecular flexibility index (Phi) is 5.64.